The summed E-state index contributed by atoms with van der Waals surface area (Å²) in [7, 11) is 0. The third-order valence-electron chi connectivity index (χ3n) is 6.75. The van der Waals surface area contributed by atoms with Crippen LogP contribution in [0.4, 0.5) is 0 Å². The van der Waals surface area contributed by atoms with E-state index in [1.165, 1.54) is 0 Å². The van der Waals surface area contributed by atoms with Crippen LogP contribution in [0.2, 0.25) is 5.02 Å². The number of nitrogens with zero attached hydrogens (tertiary/aromatic N) is 1. The van der Waals surface area contributed by atoms with Gasteiger partial charge in [-0.3, -0.25) is 9.59 Å². The van der Waals surface area contributed by atoms with Crippen molar-refractivity contribution in [3.05, 3.63) is 94.5 Å². The number of hydrogen-bond donors (Lipinski definition) is 1. The van der Waals surface area contributed by atoms with Crippen molar-refractivity contribution in [2.24, 2.45) is 0 Å². The Morgan fingerprint density at radius 1 is 0.850 bits per heavy atom. The maximum absolute atomic E-state index is 13.9. The van der Waals surface area contributed by atoms with Gasteiger partial charge >= 0.3 is 0 Å². The van der Waals surface area contributed by atoms with Crippen LogP contribution in [0, 0.1) is 0 Å². The van der Waals surface area contributed by atoms with E-state index < -0.39 is 6.04 Å². The number of aryl methyl sites for hydroxylation is 1. The van der Waals surface area contributed by atoms with Crippen LogP contribution in [-0.2, 0) is 29.0 Å². The van der Waals surface area contributed by atoms with Crippen LogP contribution in [0.3, 0.4) is 0 Å². The lowest BCUT2D eigenvalue weighted by Crippen LogP contribution is -2.52. The van der Waals surface area contributed by atoms with E-state index in [2.05, 4.69) is 5.32 Å². The quantitative estimate of drug-likeness (QED) is 0.225. The molecule has 6 nitrogen and oxygen atoms in total. The van der Waals surface area contributed by atoms with Crippen molar-refractivity contribution in [3.8, 4) is 11.5 Å². The molecular formula is C33H41ClN2O4. The summed E-state index contributed by atoms with van der Waals surface area (Å²) in [5.74, 6) is 1.09. The lowest BCUT2D eigenvalue weighted by atomic mass is 10.0. The summed E-state index contributed by atoms with van der Waals surface area (Å²) in [6.07, 6.45) is 1.95. The van der Waals surface area contributed by atoms with Crippen molar-refractivity contribution < 1.29 is 19.1 Å². The molecule has 2 amide bonds. The van der Waals surface area contributed by atoms with Crippen LogP contribution in [-0.4, -0.2) is 42.0 Å². The molecule has 0 saturated carbocycles. The highest BCUT2D eigenvalue weighted by molar-refractivity contribution is 6.30. The number of rotatable bonds is 15. The van der Waals surface area contributed by atoms with Gasteiger partial charge in [0.1, 0.15) is 6.04 Å². The van der Waals surface area contributed by atoms with Gasteiger partial charge in [0.15, 0.2) is 11.5 Å². The number of halogens is 1. The summed E-state index contributed by atoms with van der Waals surface area (Å²) in [5.41, 5.74) is 2.82. The third-order valence-corrected chi connectivity index (χ3v) is 6.98. The number of benzene rings is 3. The molecule has 0 aromatic heterocycles. The molecule has 0 aliphatic heterocycles. The topological polar surface area (TPSA) is 67.9 Å². The summed E-state index contributed by atoms with van der Waals surface area (Å²) < 4.78 is 11.5. The average molecular weight is 565 g/mol. The lowest BCUT2D eigenvalue weighted by Gasteiger charge is -2.32. The van der Waals surface area contributed by atoms with E-state index in [0.717, 1.165) is 23.1 Å². The zero-order valence-electron chi connectivity index (χ0n) is 24.0. The second-order valence-corrected chi connectivity index (χ2v) is 10.3. The third kappa shape index (κ3) is 9.30. The Kier molecular flexibility index (Phi) is 12.4. The minimum absolute atomic E-state index is 0.00487. The van der Waals surface area contributed by atoms with Crippen molar-refractivity contribution in [3.63, 3.8) is 0 Å². The number of carbonyl (C=O) groups excluding carboxylic acids is 2. The van der Waals surface area contributed by atoms with Gasteiger partial charge in [0, 0.05) is 30.5 Å². The predicted molar refractivity (Wildman–Crippen MR) is 161 cm³/mol. The van der Waals surface area contributed by atoms with Crippen LogP contribution in [0.1, 0.15) is 57.2 Å². The zero-order valence-corrected chi connectivity index (χ0v) is 24.7. The van der Waals surface area contributed by atoms with E-state index in [1.54, 1.807) is 11.0 Å². The first-order chi connectivity index (χ1) is 19.3. The number of amides is 2. The molecular weight excluding hydrogens is 524 g/mol. The summed E-state index contributed by atoms with van der Waals surface area (Å²) in [6, 6.07) is 22.3. The summed E-state index contributed by atoms with van der Waals surface area (Å²) in [6.45, 7) is 9.19. The fourth-order valence-corrected chi connectivity index (χ4v) is 4.69. The van der Waals surface area contributed by atoms with Crippen LogP contribution in [0.15, 0.2) is 72.8 Å². The van der Waals surface area contributed by atoms with E-state index in [4.69, 9.17) is 21.1 Å². The molecule has 0 aliphatic carbocycles. The maximum Gasteiger partial charge on any atom is 0.243 e. The number of carbonyl (C=O) groups is 2. The van der Waals surface area contributed by atoms with Gasteiger partial charge in [0.25, 0.3) is 0 Å². The fraction of sp³-hybridized carbons (Fsp3) is 0.394. The molecule has 0 fully saturated rings. The molecule has 7 heteroatoms. The van der Waals surface area contributed by atoms with Gasteiger partial charge in [0.05, 0.1) is 13.2 Å². The molecule has 1 N–H and O–H groups in total. The van der Waals surface area contributed by atoms with Crippen molar-refractivity contribution in [2.75, 3.05) is 13.2 Å². The molecule has 40 heavy (non-hydrogen) atoms. The normalized spacial score (nSPS) is 12.3. The van der Waals surface area contributed by atoms with Gasteiger partial charge in [-0.25, -0.2) is 0 Å². The predicted octanol–water partition coefficient (Wildman–Crippen LogP) is 6.62. The SMILES string of the molecule is CCOc1ccc(CCC(=O)N(Cc2cccc(Cl)c2)[C@H](Cc2ccccc2)C(=O)N[C@H](C)CC)cc1OCC. The highest BCUT2D eigenvalue weighted by atomic mass is 35.5. The molecule has 0 radical (unpaired) electrons. The number of ether oxygens (including phenoxy) is 2. The van der Waals surface area contributed by atoms with Gasteiger partial charge in [-0.2, -0.15) is 0 Å². The van der Waals surface area contributed by atoms with Crippen LogP contribution in [0.5, 0.6) is 11.5 Å². The first-order valence-electron chi connectivity index (χ1n) is 14.1. The lowest BCUT2D eigenvalue weighted by molar-refractivity contribution is -0.141. The molecule has 3 aromatic rings. The smallest absolute Gasteiger partial charge is 0.243 e. The highest BCUT2D eigenvalue weighted by Crippen LogP contribution is 2.29. The number of hydrogen-bond acceptors (Lipinski definition) is 4. The highest BCUT2D eigenvalue weighted by Gasteiger charge is 2.31. The second kappa shape index (κ2) is 15.9. The molecule has 3 aromatic carbocycles. The van der Waals surface area contributed by atoms with E-state index in [-0.39, 0.29) is 30.8 Å². The monoisotopic (exact) mass is 564 g/mol. The van der Waals surface area contributed by atoms with Gasteiger partial charge in [-0.1, -0.05) is 67.1 Å². The summed E-state index contributed by atoms with van der Waals surface area (Å²) in [4.78, 5) is 29.3. The standard InChI is InChI=1S/C33H41ClN2O4/c1-5-24(4)35-33(38)29(21-25-12-9-8-10-13-25)36(23-27-14-11-15-28(34)20-27)32(37)19-17-26-16-18-30(39-6-2)31(22-26)40-7-3/h8-16,18,20,22,24,29H,5-7,17,19,21,23H2,1-4H3,(H,35,38)/t24-,29-/m1/s1. The van der Waals surface area contributed by atoms with Gasteiger partial charge in [-0.05, 0) is 74.6 Å². The van der Waals surface area contributed by atoms with E-state index in [9.17, 15) is 9.59 Å². The van der Waals surface area contributed by atoms with Crippen molar-refractivity contribution in [1.29, 1.82) is 0 Å². The molecule has 0 aliphatic rings. The maximum atomic E-state index is 13.9. The van der Waals surface area contributed by atoms with Gasteiger partial charge < -0.3 is 19.7 Å². The van der Waals surface area contributed by atoms with Crippen LogP contribution in [0.25, 0.3) is 0 Å². The van der Waals surface area contributed by atoms with Crippen molar-refractivity contribution in [1.82, 2.24) is 10.2 Å². The summed E-state index contributed by atoms with van der Waals surface area (Å²) >= 11 is 6.28. The Bertz CT molecular complexity index is 1230. The fourth-order valence-electron chi connectivity index (χ4n) is 4.47. The Morgan fingerprint density at radius 3 is 2.23 bits per heavy atom. The largest absolute Gasteiger partial charge is 0.490 e. The molecule has 2 atom stereocenters. The van der Waals surface area contributed by atoms with E-state index >= 15 is 0 Å². The summed E-state index contributed by atoms with van der Waals surface area (Å²) in [5, 5.41) is 3.70. The molecule has 0 heterocycles. The average Bonchev–Trinajstić information content (AvgIpc) is 2.95. The van der Waals surface area contributed by atoms with Gasteiger partial charge in [-0.15, -0.1) is 0 Å². The van der Waals surface area contributed by atoms with Crippen LogP contribution >= 0.6 is 11.6 Å². The Balaban J connectivity index is 1.91. The second-order valence-electron chi connectivity index (χ2n) is 9.82. The number of nitrogens with one attached hydrogen (secondary N) is 1. The molecule has 0 bridgehead atoms. The van der Waals surface area contributed by atoms with Crippen molar-refractivity contribution in [2.45, 2.75) is 72.0 Å². The molecule has 0 saturated heterocycles. The van der Waals surface area contributed by atoms with E-state index in [0.29, 0.717) is 42.6 Å². The minimum Gasteiger partial charge on any atom is -0.490 e. The van der Waals surface area contributed by atoms with Crippen LogP contribution < -0.4 is 14.8 Å². The van der Waals surface area contributed by atoms with Gasteiger partial charge in [0.2, 0.25) is 11.8 Å². The Labute approximate surface area is 243 Å². The molecule has 0 unspecified atom stereocenters. The Hall–Kier alpha value is -3.51. The molecule has 3 rings (SSSR count). The first kappa shape index (κ1) is 31.0. The molecule has 214 valence electrons. The van der Waals surface area contributed by atoms with Crippen molar-refractivity contribution >= 4 is 23.4 Å². The zero-order chi connectivity index (χ0) is 28.9. The van der Waals surface area contributed by atoms with E-state index in [1.807, 2.05) is 94.4 Å². The first-order valence-corrected chi connectivity index (χ1v) is 14.5. The Morgan fingerprint density at radius 2 is 1.55 bits per heavy atom. The molecule has 0 spiro atoms. The minimum atomic E-state index is -0.679.